The summed E-state index contributed by atoms with van der Waals surface area (Å²) in [4.78, 5) is 10.8. The zero-order valence-corrected chi connectivity index (χ0v) is 10.8. The van der Waals surface area contributed by atoms with Gasteiger partial charge in [-0.25, -0.2) is 4.79 Å². The monoisotopic (exact) mass is 264 g/mol. The molecule has 2 unspecified atom stereocenters. The summed E-state index contributed by atoms with van der Waals surface area (Å²) in [6, 6.07) is 7.27. The number of para-hydroxylation sites is 1. The SMILES string of the molecule is O=C(O)NC1CCCCC1NCc1ccccc1O. The summed E-state index contributed by atoms with van der Waals surface area (Å²) in [5, 5.41) is 24.5. The fourth-order valence-electron chi connectivity index (χ4n) is 2.61. The van der Waals surface area contributed by atoms with Crippen molar-refractivity contribution in [3.8, 4) is 5.75 Å². The zero-order valence-electron chi connectivity index (χ0n) is 10.8. The van der Waals surface area contributed by atoms with Crippen molar-refractivity contribution in [1.82, 2.24) is 10.6 Å². The van der Waals surface area contributed by atoms with E-state index in [9.17, 15) is 9.90 Å². The van der Waals surface area contributed by atoms with Crippen LogP contribution in [0.4, 0.5) is 4.79 Å². The molecule has 5 heteroatoms. The van der Waals surface area contributed by atoms with Crippen LogP contribution < -0.4 is 10.6 Å². The second-order valence-electron chi connectivity index (χ2n) is 4.96. The summed E-state index contributed by atoms with van der Waals surface area (Å²) in [5.74, 6) is 0.272. The van der Waals surface area contributed by atoms with Crippen molar-refractivity contribution in [3.63, 3.8) is 0 Å². The quantitative estimate of drug-likeness (QED) is 0.671. The van der Waals surface area contributed by atoms with E-state index in [1.165, 1.54) is 0 Å². The van der Waals surface area contributed by atoms with E-state index >= 15 is 0 Å². The molecule has 1 aliphatic rings. The van der Waals surface area contributed by atoms with E-state index in [0.717, 1.165) is 31.2 Å². The molecule has 104 valence electrons. The van der Waals surface area contributed by atoms with Crippen LogP contribution in [0.3, 0.4) is 0 Å². The summed E-state index contributed by atoms with van der Waals surface area (Å²) >= 11 is 0. The Kier molecular flexibility index (Phi) is 4.63. The number of carbonyl (C=O) groups is 1. The lowest BCUT2D eigenvalue weighted by molar-refractivity contribution is 0.179. The molecule has 0 aliphatic heterocycles. The van der Waals surface area contributed by atoms with Crippen molar-refractivity contribution in [2.24, 2.45) is 0 Å². The number of benzene rings is 1. The predicted octanol–water partition coefficient (Wildman–Crippen LogP) is 2.06. The number of hydrogen-bond donors (Lipinski definition) is 4. The Labute approximate surface area is 112 Å². The number of phenols is 1. The van der Waals surface area contributed by atoms with E-state index in [1.54, 1.807) is 12.1 Å². The van der Waals surface area contributed by atoms with Gasteiger partial charge in [-0.05, 0) is 18.9 Å². The molecule has 2 atom stereocenters. The lowest BCUT2D eigenvalue weighted by Gasteiger charge is -2.32. The predicted molar refractivity (Wildman–Crippen MR) is 72.2 cm³/mol. The molecule has 1 amide bonds. The number of hydrogen-bond acceptors (Lipinski definition) is 3. The first kappa shape index (κ1) is 13.7. The molecule has 0 saturated heterocycles. The molecule has 1 saturated carbocycles. The van der Waals surface area contributed by atoms with Crippen LogP contribution in [-0.4, -0.2) is 28.4 Å². The van der Waals surface area contributed by atoms with Gasteiger partial charge >= 0.3 is 6.09 Å². The summed E-state index contributed by atoms with van der Waals surface area (Å²) in [5.41, 5.74) is 0.835. The molecule has 2 rings (SSSR count). The molecule has 0 radical (unpaired) electrons. The largest absolute Gasteiger partial charge is 0.508 e. The van der Waals surface area contributed by atoms with E-state index in [2.05, 4.69) is 10.6 Å². The van der Waals surface area contributed by atoms with Gasteiger partial charge in [0.25, 0.3) is 0 Å². The number of phenolic OH excluding ortho intramolecular Hbond substituents is 1. The molecule has 4 N–H and O–H groups in total. The average molecular weight is 264 g/mol. The van der Waals surface area contributed by atoms with E-state index in [1.807, 2.05) is 12.1 Å². The van der Waals surface area contributed by atoms with Crippen LogP contribution in [0, 0.1) is 0 Å². The van der Waals surface area contributed by atoms with Crippen molar-refractivity contribution in [1.29, 1.82) is 0 Å². The Morgan fingerprint density at radius 1 is 1.21 bits per heavy atom. The van der Waals surface area contributed by atoms with Gasteiger partial charge in [0.15, 0.2) is 0 Å². The molecule has 1 aromatic rings. The smallest absolute Gasteiger partial charge is 0.404 e. The van der Waals surface area contributed by atoms with Gasteiger partial charge < -0.3 is 20.8 Å². The first-order valence-electron chi connectivity index (χ1n) is 6.66. The van der Waals surface area contributed by atoms with E-state index in [-0.39, 0.29) is 17.8 Å². The molecule has 1 aliphatic carbocycles. The highest BCUT2D eigenvalue weighted by Gasteiger charge is 2.25. The number of carboxylic acid groups (broad SMARTS) is 1. The molecule has 0 aromatic heterocycles. The highest BCUT2D eigenvalue weighted by atomic mass is 16.4. The number of nitrogens with one attached hydrogen (secondary N) is 2. The fraction of sp³-hybridized carbons (Fsp3) is 0.500. The maximum atomic E-state index is 10.8. The van der Waals surface area contributed by atoms with Gasteiger partial charge in [-0.1, -0.05) is 31.0 Å². The van der Waals surface area contributed by atoms with Gasteiger partial charge in [-0.15, -0.1) is 0 Å². The maximum absolute atomic E-state index is 10.8. The first-order valence-corrected chi connectivity index (χ1v) is 6.66. The van der Waals surface area contributed by atoms with Crippen molar-refractivity contribution in [2.45, 2.75) is 44.3 Å². The molecular formula is C14H20N2O3. The third-order valence-electron chi connectivity index (χ3n) is 3.62. The average Bonchev–Trinajstić information content (AvgIpc) is 2.39. The number of amides is 1. The Morgan fingerprint density at radius 3 is 2.58 bits per heavy atom. The van der Waals surface area contributed by atoms with Crippen molar-refractivity contribution in [3.05, 3.63) is 29.8 Å². The van der Waals surface area contributed by atoms with Crippen LogP contribution in [0.15, 0.2) is 24.3 Å². The third-order valence-corrected chi connectivity index (χ3v) is 3.62. The van der Waals surface area contributed by atoms with Gasteiger partial charge in [0, 0.05) is 24.2 Å². The van der Waals surface area contributed by atoms with E-state index < -0.39 is 6.09 Å². The fourth-order valence-corrected chi connectivity index (χ4v) is 2.61. The van der Waals surface area contributed by atoms with Crippen LogP contribution in [-0.2, 0) is 6.54 Å². The number of aromatic hydroxyl groups is 1. The summed E-state index contributed by atoms with van der Waals surface area (Å²) in [7, 11) is 0. The van der Waals surface area contributed by atoms with Gasteiger partial charge in [-0.3, -0.25) is 0 Å². The van der Waals surface area contributed by atoms with Gasteiger partial charge in [0.1, 0.15) is 5.75 Å². The minimum atomic E-state index is -0.971. The second-order valence-corrected chi connectivity index (χ2v) is 4.96. The second kappa shape index (κ2) is 6.43. The minimum Gasteiger partial charge on any atom is -0.508 e. The Bertz CT molecular complexity index is 436. The van der Waals surface area contributed by atoms with Crippen LogP contribution in [0.2, 0.25) is 0 Å². The van der Waals surface area contributed by atoms with Crippen molar-refractivity contribution in [2.75, 3.05) is 0 Å². The maximum Gasteiger partial charge on any atom is 0.404 e. The molecule has 0 bridgehead atoms. The summed E-state index contributed by atoms with van der Waals surface area (Å²) in [6.45, 7) is 0.551. The van der Waals surface area contributed by atoms with Gasteiger partial charge in [0.2, 0.25) is 0 Å². The highest BCUT2D eigenvalue weighted by Crippen LogP contribution is 2.20. The topological polar surface area (TPSA) is 81.6 Å². The Hall–Kier alpha value is -1.75. The lowest BCUT2D eigenvalue weighted by atomic mass is 9.90. The van der Waals surface area contributed by atoms with Crippen LogP contribution in [0.5, 0.6) is 5.75 Å². The van der Waals surface area contributed by atoms with Crippen LogP contribution in [0.1, 0.15) is 31.2 Å². The van der Waals surface area contributed by atoms with Crippen molar-refractivity contribution < 1.29 is 15.0 Å². The standard InChI is InChI=1S/C14H20N2O3/c17-13-8-4-1-5-10(13)9-15-11-6-2-3-7-12(11)16-14(18)19/h1,4-5,8,11-12,15-17H,2-3,6-7,9H2,(H,18,19). The number of rotatable bonds is 4. The van der Waals surface area contributed by atoms with E-state index in [0.29, 0.717) is 6.54 Å². The van der Waals surface area contributed by atoms with E-state index in [4.69, 9.17) is 5.11 Å². The van der Waals surface area contributed by atoms with Gasteiger partial charge in [-0.2, -0.15) is 0 Å². The minimum absolute atomic E-state index is 0.0443. The lowest BCUT2D eigenvalue weighted by Crippen LogP contribution is -2.51. The van der Waals surface area contributed by atoms with Gasteiger partial charge in [0.05, 0.1) is 0 Å². The summed E-state index contributed by atoms with van der Waals surface area (Å²) in [6.07, 6.45) is 3.01. The molecular weight excluding hydrogens is 244 g/mol. The third kappa shape index (κ3) is 3.86. The highest BCUT2D eigenvalue weighted by molar-refractivity contribution is 5.65. The molecule has 0 spiro atoms. The Balaban J connectivity index is 1.92. The molecule has 1 fully saturated rings. The van der Waals surface area contributed by atoms with Crippen LogP contribution in [0.25, 0.3) is 0 Å². The van der Waals surface area contributed by atoms with Crippen LogP contribution >= 0.6 is 0 Å². The summed E-state index contributed by atoms with van der Waals surface area (Å²) < 4.78 is 0. The normalized spacial score (nSPS) is 22.9. The van der Waals surface area contributed by atoms with Crippen molar-refractivity contribution >= 4 is 6.09 Å². The zero-order chi connectivity index (χ0) is 13.7. The molecule has 5 nitrogen and oxygen atoms in total. The molecule has 19 heavy (non-hydrogen) atoms. The molecule has 0 heterocycles. The first-order chi connectivity index (χ1) is 9.16. The Morgan fingerprint density at radius 2 is 1.89 bits per heavy atom. The molecule has 1 aromatic carbocycles.